The van der Waals surface area contributed by atoms with Gasteiger partial charge in [-0.15, -0.1) is 0 Å². The molecule has 1 aromatic carbocycles. The summed E-state index contributed by atoms with van der Waals surface area (Å²) in [6.07, 6.45) is 5.48. The third kappa shape index (κ3) is 4.79. The van der Waals surface area contributed by atoms with E-state index in [1.54, 1.807) is 26.0 Å². The van der Waals surface area contributed by atoms with Crippen molar-refractivity contribution < 1.29 is 17.7 Å². The van der Waals surface area contributed by atoms with Crippen molar-refractivity contribution in [2.75, 3.05) is 10.0 Å². The van der Waals surface area contributed by atoms with Gasteiger partial charge in [-0.3, -0.25) is 0 Å². The summed E-state index contributed by atoms with van der Waals surface area (Å²) in [5.74, 6) is 0.0987. The lowest BCUT2D eigenvalue weighted by molar-refractivity contribution is 0.244. The van der Waals surface area contributed by atoms with Crippen molar-refractivity contribution in [1.29, 1.82) is 0 Å². The summed E-state index contributed by atoms with van der Waals surface area (Å²) in [5, 5.41) is 9.42. The number of hydrogen-bond donors (Lipinski definition) is 3. The zero-order valence-electron chi connectivity index (χ0n) is 15.4. The molecule has 8 nitrogen and oxygen atoms in total. The molecule has 0 saturated heterocycles. The number of aromatic nitrogens is 1. The molecule has 0 atom stereocenters. The number of urea groups is 1. The van der Waals surface area contributed by atoms with Gasteiger partial charge in [-0.25, -0.2) is 17.9 Å². The van der Waals surface area contributed by atoms with E-state index in [0.717, 1.165) is 25.7 Å². The fourth-order valence-electron chi connectivity index (χ4n) is 3.01. The summed E-state index contributed by atoms with van der Waals surface area (Å²) >= 11 is 0. The van der Waals surface area contributed by atoms with Gasteiger partial charge < -0.3 is 15.2 Å². The molecular weight excluding hydrogens is 368 g/mol. The molecule has 1 fully saturated rings. The zero-order chi connectivity index (χ0) is 19.4. The Kier molecular flexibility index (Phi) is 5.69. The maximum Gasteiger partial charge on any atom is 0.319 e. The van der Waals surface area contributed by atoms with Crippen LogP contribution in [-0.4, -0.2) is 25.6 Å². The molecule has 0 radical (unpaired) electrons. The molecule has 1 heterocycles. The van der Waals surface area contributed by atoms with Crippen molar-refractivity contribution in [2.45, 2.75) is 56.9 Å². The number of sulfonamides is 1. The van der Waals surface area contributed by atoms with Crippen LogP contribution in [0.3, 0.4) is 0 Å². The second-order valence-electron chi connectivity index (χ2n) is 6.79. The molecule has 0 unspecified atom stereocenters. The predicted molar refractivity (Wildman–Crippen MR) is 102 cm³/mol. The number of nitrogens with one attached hydrogen (secondary N) is 3. The third-order valence-corrected chi connectivity index (χ3v) is 6.09. The normalized spacial score (nSPS) is 15.3. The van der Waals surface area contributed by atoms with Crippen LogP contribution in [0.4, 0.5) is 16.4 Å². The number of nitrogens with zero attached hydrogens (tertiary/aromatic N) is 1. The molecule has 1 aliphatic rings. The molecule has 2 amide bonds. The molecule has 0 spiro atoms. The van der Waals surface area contributed by atoms with Crippen molar-refractivity contribution in [3.63, 3.8) is 0 Å². The van der Waals surface area contributed by atoms with Crippen molar-refractivity contribution in [1.82, 2.24) is 10.5 Å². The standard InChI is InChI=1S/C18H24N4O4S/c1-12-13(2)21-26-17(12)22-27(24,25)16-10-8-15(9-11-16)20-18(23)19-14-6-4-3-5-7-14/h8-11,14,22H,3-7H2,1-2H3,(H2,19,20,23). The highest BCUT2D eigenvalue weighted by Crippen LogP contribution is 2.23. The molecule has 3 N–H and O–H groups in total. The first kappa shape index (κ1) is 19.2. The summed E-state index contributed by atoms with van der Waals surface area (Å²) in [6, 6.07) is 5.88. The Morgan fingerprint density at radius 1 is 1.11 bits per heavy atom. The van der Waals surface area contributed by atoms with Crippen LogP contribution in [0.1, 0.15) is 43.4 Å². The van der Waals surface area contributed by atoms with Crippen LogP contribution in [0, 0.1) is 13.8 Å². The van der Waals surface area contributed by atoms with Gasteiger partial charge in [0.1, 0.15) is 0 Å². The van der Waals surface area contributed by atoms with E-state index in [0.29, 0.717) is 16.9 Å². The van der Waals surface area contributed by atoms with Crippen LogP contribution in [0.15, 0.2) is 33.7 Å². The van der Waals surface area contributed by atoms with E-state index < -0.39 is 10.0 Å². The van der Waals surface area contributed by atoms with Gasteiger partial charge in [-0.1, -0.05) is 24.4 Å². The molecule has 3 rings (SSSR count). The summed E-state index contributed by atoms with van der Waals surface area (Å²) in [7, 11) is -3.80. The van der Waals surface area contributed by atoms with Crippen LogP contribution in [0.5, 0.6) is 0 Å². The van der Waals surface area contributed by atoms with Gasteiger partial charge in [0.05, 0.1) is 10.6 Å². The summed E-state index contributed by atoms with van der Waals surface area (Å²) < 4.78 is 32.3. The Balaban J connectivity index is 1.62. The molecule has 1 aromatic heterocycles. The maximum absolute atomic E-state index is 12.5. The van der Waals surface area contributed by atoms with Gasteiger partial charge in [0.2, 0.25) is 5.88 Å². The molecule has 27 heavy (non-hydrogen) atoms. The van der Waals surface area contributed by atoms with Gasteiger partial charge in [-0.05, 0) is 51.0 Å². The van der Waals surface area contributed by atoms with E-state index in [2.05, 4.69) is 20.5 Å². The number of carbonyl (C=O) groups is 1. The largest absolute Gasteiger partial charge is 0.337 e. The van der Waals surface area contributed by atoms with Crippen LogP contribution < -0.4 is 15.4 Å². The number of rotatable bonds is 5. The molecule has 0 aliphatic heterocycles. The van der Waals surface area contributed by atoms with E-state index in [9.17, 15) is 13.2 Å². The van der Waals surface area contributed by atoms with Gasteiger partial charge in [0.15, 0.2) is 0 Å². The van der Waals surface area contributed by atoms with Crippen LogP contribution in [-0.2, 0) is 10.0 Å². The van der Waals surface area contributed by atoms with E-state index >= 15 is 0 Å². The average Bonchev–Trinajstić information content (AvgIpc) is 2.94. The highest BCUT2D eigenvalue weighted by atomic mass is 32.2. The van der Waals surface area contributed by atoms with Crippen molar-refractivity contribution >= 4 is 27.6 Å². The first-order valence-corrected chi connectivity index (χ1v) is 10.5. The maximum atomic E-state index is 12.5. The minimum absolute atomic E-state index is 0.0641. The zero-order valence-corrected chi connectivity index (χ0v) is 16.2. The van der Waals surface area contributed by atoms with Gasteiger partial charge in [0, 0.05) is 17.3 Å². The number of anilines is 2. The molecule has 1 saturated carbocycles. The van der Waals surface area contributed by atoms with E-state index in [1.807, 2.05) is 0 Å². The fraction of sp³-hybridized carbons (Fsp3) is 0.444. The van der Waals surface area contributed by atoms with Gasteiger partial charge in [0.25, 0.3) is 10.0 Å². The monoisotopic (exact) mass is 392 g/mol. The highest BCUT2D eigenvalue weighted by Gasteiger charge is 2.19. The fourth-order valence-corrected chi connectivity index (χ4v) is 4.06. The van der Waals surface area contributed by atoms with Crippen molar-refractivity contribution in [3.05, 3.63) is 35.5 Å². The average molecular weight is 392 g/mol. The SMILES string of the molecule is Cc1noc(NS(=O)(=O)c2ccc(NC(=O)NC3CCCCC3)cc2)c1C. The van der Waals surface area contributed by atoms with Crippen LogP contribution in [0.2, 0.25) is 0 Å². The highest BCUT2D eigenvalue weighted by molar-refractivity contribution is 7.92. The first-order chi connectivity index (χ1) is 12.8. The first-order valence-electron chi connectivity index (χ1n) is 8.98. The Hall–Kier alpha value is -2.55. The molecule has 0 bridgehead atoms. The number of carbonyl (C=O) groups excluding carboxylic acids is 1. The molecular formula is C18H24N4O4S. The number of amides is 2. The third-order valence-electron chi connectivity index (χ3n) is 4.75. The van der Waals surface area contributed by atoms with Gasteiger partial charge in [-0.2, -0.15) is 0 Å². The van der Waals surface area contributed by atoms with Crippen LogP contribution >= 0.6 is 0 Å². The summed E-state index contributed by atoms with van der Waals surface area (Å²) in [4.78, 5) is 12.1. The predicted octanol–water partition coefficient (Wildman–Crippen LogP) is 3.55. The van der Waals surface area contributed by atoms with Crippen LogP contribution in [0.25, 0.3) is 0 Å². The van der Waals surface area contributed by atoms with E-state index in [1.165, 1.54) is 18.6 Å². The molecule has 2 aromatic rings. The molecule has 1 aliphatic carbocycles. The lowest BCUT2D eigenvalue weighted by atomic mass is 9.96. The Bertz CT molecular complexity index is 900. The Labute approximate surface area is 158 Å². The Morgan fingerprint density at radius 2 is 1.78 bits per heavy atom. The lowest BCUT2D eigenvalue weighted by Gasteiger charge is -2.22. The van der Waals surface area contributed by atoms with Crippen molar-refractivity contribution in [2.24, 2.45) is 0 Å². The molecule has 146 valence electrons. The lowest BCUT2D eigenvalue weighted by Crippen LogP contribution is -2.39. The Morgan fingerprint density at radius 3 is 2.37 bits per heavy atom. The minimum Gasteiger partial charge on any atom is -0.337 e. The number of benzene rings is 1. The number of aryl methyl sites for hydroxylation is 1. The second kappa shape index (κ2) is 7.99. The van der Waals surface area contributed by atoms with Crippen molar-refractivity contribution in [3.8, 4) is 0 Å². The summed E-state index contributed by atoms with van der Waals surface area (Å²) in [6.45, 7) is 3.46. The summed E-state index contributed by atoms with van der Waals surface area (Å²) in [5.41, 5.74) is 1.78. The van der Waals surface area contributed by atoms with E-state index in [-0.39, 0.29) is 22.9 Å². The minimum atomic E-state index is -3.80. The van der Waals surface area contributed by atoms with E-state index in [4.69, 9.17) is 4.52 Å². The smallest absolute Gasteiger partial charge is 0.319 e. The topological polar surface area (TPSA) is 113 Å². The van der Waals surface area contributed by atoms with Gasteiger partial charge >= 0.3 is 6.03 Å². The quantitative estimate of drug-likeness (QED) is 0.720. The molecule has 9 heteroatoms. The number of hydrogen-bond acceptors (Lipinski definition) is 5. The second-order valence-corrected chi connectivity index (χ2v) is 8.47.